The Bertz CT molecular complexity index is 2780. The molecular formula is C51H56ClFN6O5S2. The fraction of sp³-hybridized carbons (Fsp3) is 0.314. The molecule has 3 heterocycles. The molecule has 11 nitrogen and oxygen atoms in total. The summed E-state index contributed by atoms with van der Waals surface area (Å²) in [6, 6.07) is 35.4. The van der Waals surface area contributed by atoms with Crippen LogP contribution in [0.25, 0.3) is 22.4 Å². The van der Waals surface area contributed by atoms with Crippen LogP contribution in [0.5, 0.6) is 0 Å². The van der Waals surface area contributed by atoms with Gasteiger partial charge in [0.15, 0.2) is 0 Å². The maximum Gasteiger partial charge on any atom is 0.338 e. The number of halogens is 2. The van der Waals surface area contributed by atoms with Crippen molar-refractivity contribution >= 4 is 62.1 Å². The molecule has 0 spiro atoms. The molecule has 2 aliphatic heterocycles. The molecular weight excluding hydrogens is 895 g/mol. The van der Waals surface area contributed by atoms with Gasteiger partial charge in [0.05, 0.1) is 27.3 Å². The van der Waals surface area contributed by atoms with E-state index in [9.17, 15) is 27.8 Å². The van der Waals surface area contributed by atoms with Crippen LogP contribution in [-0.4, -0.2) is 97.8 Å². The molecule has 4 N–H and O–H groups in total. The zero-order valence-electron chi connectivity index (χ0n) is 37.4. The monoisotopic (exact) mass is 950 g/mol. The van der Waals surface area contributed by atoms with Crippen molar-refractivity contribution in [1.29, 1.82) is 0 Å². The van der Waals surface area contributed by atoms with Crippen molar-refractivity contribution in [3.8, 4) is 22.4 Å². The third-order valence-electron chi connectivity index (χ3n) is 12.8. The molecule has 66 heavy (non-hydrogen) atoms. The molecule has 0 radical (unpaired) electrons. The van der Waals surface area contributed by atoms with Gasteiger partial charge in [0.1, 0.15) is 5.82 Å². The number of nitrogens with zero attached hydrogens (tertiary/aromatic N) is 4. The Morgan fingerprint density at radius 2 is 1.53 bits per heavy atom. The predicted molar refractivity (Wildman–Crippen MR) is 267 cm³/mol. The van der Waals surface area contributed by atoms with Crippen LogP contribution in [0.15, 0.2) is 125 Å². The number of carboxylic acids is 1. The molecule has 0 bridgehead atoms. The molecule has 0 unspecified atom stereocenters. The molecule has 1 aromatic heterocycles. The lowest BCUT2D eigenvalue weighted by atomic mass is 9.96. The zero-order valence-corrected chi connectivity index (χ0v) is 39.8. The quantitative estimate of drug-likeness (QED) is 0.0696. The van der Waals surface area contributed by atoms with E-state index < -0.39 is 21.8 Å². The highest BCUT2D eigenvalue weighted by Gasteiger charge is 2.27. The largest absolute Gasteiger partial charge is 0.478 e. The van der Waals surface area contributed by atoms with E-state index in [0.29, 0.717) is 54.4 Å². The summed E-state index contributed by atoms with van der Waals surface area (Å²) in [6.07, 6.45) is 2.31. The number of hydrogen-bond donors (Lipinski definition) is 4. The number of nitrogens with one attached hydrogen (secondary N) is 2. The molecule has 346 valence electrons. The number of aliphatic hydroxyl groups excluding tert-OH is 1. The lowest BCUT2D eigenvalue weighted by Crippen LogP contribution is -2.46. The van der Waals surface area contributed by atoms with Gasteiger partial charge in [-0.3, -0.25) is 4.72 Å². The molecule has 0 amide bonds. The number of carbonyl (C=O) groups is 1. The Balaban J connectivity index is 0.898. The lowest BCUT2D eigenvalue weighted by molar-refractivity contribution is 0.0696. The Hall–Kier alpha value is -5.51. The van der Waals surface area contributed by atoms with Crippen LogP contribution >= 0.6 is 23.4 Å². The van der Waals surface area contributed by atoms with Gasteiger partial charge in [-0.1, -0.05) is 41.9 Å². The van der Waals surface area contributed by atoms with Crippen molar-refractivity contribution in [1.82, 2.24) is 9.47 Å². The number of rotatable bonds is 16. The highest BCUT2D eigenvalue weighted by molar-refractivity contribution is 7.99. The van der Waals surface area contributed by atoms with Gasteiger partial charge in [0.25, 0.3) is 10.0 Å². The standard InChI is InChI=1S/C51H56ClFN6O5S2/c1-34-30-44(17-19-47(34)54-39(33-65-43-10-5-4-6-11-43)20-23-57-24-21-42(60)22-25-57)66(63,64)55-38-13-15-40(16-14-38)58-26-28-59(29-27-58)41-9-7-8-36(31-41)49-48(51(61)62)35(2)56(3)50(49)37-12-18-46(53)45(52)32-37/h4-19,30-32,39,42,54-55,60H,20-29,33H2,1-3H3,(H,61,62)/t39-/m1/s1. The number of benzene rings is 5. The van der Waals surface area contributed by atoms with Crippen LogP contribution in [0.1, 0.15) is 40.9 Å². The normalized spacial score (nSPS) is 15.5. The van der Waals surface area contributed by atoms with Gasteiger partial charge in [-0.05, 0) is 129 Å². The first-order valence-corrected chi connectivity index (χ1v) is 25.2. The zero-order chi connectivity index (χ0) is 46.5. The number of thioether (sulfide) groups is 1. The minimum Gasteiger partial charge on any atom is -0.478 e. The highest BCUT2D eigenvalue weighted by atomic mass is 35.5. The molecule has 0 saturated carbocycles. The lowest BCUT2D eigenvalue weighted by Gasteiger charge is -2.37. The van der Waals surface area contributed by atoms with E-state index in [-0.39, 0.29) is 27.6 Å². The SMILES string of the molecule is Cc1cc(S(=O)(=O)Nc2ccc(N3CCN(c4cccc(-c5c(C(=O)O)c(C)n(C)c5-c5ccc(F)c(Cl)c5)c4)CC3)cc2)ccc1N[C@H](CCN1CCC(O)CC1)CSc1ccccc1. The van der Waals surface area contributed by atoms with Gasteiger partial charge in [-0.15, -0.1) is 11.8 Å². The number of sulfonamides is 1. The molecule has 6 aromatic rings. The summed E-state index contributed by atoms with van der Waals surface area (Å²) in [5.74, 6) is -0.741. The van der Waals surface area contributed by atoms with Crippen LogP contribution in [0.4, 0.5) is 27.1 Å². The predicted octanol–water partition coefficient (Wildman–Crippen LogP) is 10.0. The van der Waals surface area contributed by atoms with Crippen LogP contribution < -0.4 is 19.8 Å². The van der Waals surface area contributed by atoms with E-state index in [4.69, 9.17) is 11.6 Å². The van der Waals surface area contributed by atoms with Crippen molar-refractivity contribution in [2.24, 2.45) is 7.05 Å². The molecule has 2 fully saturated rings. The average molecular weight is 952 g/mol. The minimum atomic E-state index is -3.87. The van der Waals surface area contributed by atoms with Gasteiger partial charge in [0.2, 0.25) is 0 Å². The summed E-state index contributed by atoms with van der Waals surface area (Å²) in [5.41, 5.74) is 7.43. The number of aromatic nitrogens is 1. The third kappa shape index (κ3) is 10.8. The van der Waals surface area contributed by atoms with E-state index >= 15 is 0 Å². The Kier molecular flexibility index (Phi) is 14.6. The second-order valence-electron chi connectivity index (χ2n) is 17.2. The number of piperidine rings is 1. The van der Waals surface area contributed by atoms with Gasteiger partial charge < -0.3 is 34.8 Å². The topological polar surface area (TPSA) is 130 Å². The Morgan fingerprint density at radius 3 is 2.20 bits per heavy atom. The summed E-state index contributed by atoms with van der Waals surface area (Å²) in [4.78, 5) is 21.0. The number of hydrogen-bond acceptors (Lipinski definition) is 9. The van der Waals surface area contributed by atoms with Crippen LogP contribution in [-0.2, 0) is 17.1 Å². The van der Waals surface area contributed by atoms with E-state index in [1.807, 2.05) is 72.2 Å². The number of aromatic carboxylic acids is 1. The fourth-order valence-electron chi connectivity index (χ4n) is 8.94. The van der Waals surface area contributed by atoms with Crippen molar-refractivity contribution < 1.29 is 27.8 Å². The minimum absolute atomic E-state index is 0.0389. The van der Waals surface area contributed by atoms with Crippen molar-refractivity contribution in [2.45, 2.75) is 55.0 Å². The number of aryl methyl sites for hydroxylation is 1. The average Bonchev–Trinajstić information content (AvgIpc) is 3.59. The molecule has 8 rings (SSSR count). The first-order valence-electron chi connectivity index (χ1n) is 22.3. The van der Waals surface area contributed by atoms with E-state index in [2.05, 4.69) is 36.9 Å². The van der Waals surface area contributed by atoms with Crippen molar-refractivity contribution in [3.63, 3.8) is 0 Å². The molecule has 2 saturated heterocycles. The molecule has 2 aliphatic rings. The molecule has 5 aromatic carbocycles. The van der Waals surface area contributed by atoms with E-state index in [1.54, 1.807) is 56.1 Å². The molecule has 1 atom stereocenters. The van der Waals surface area contributed by atoms with Gasteiger partial charge in [0, 0.05) is 109 Å². The number of aliphatic hydroxyl groups is 1. The van der Waals surface area contributed by atoms with Crippen molar-refractivity contribution in [3.05, 3.63) is 143 Å². The first kappa shape index (κ1) is 47.0. The maximum atomic E-state index is 14.2. The van der Waals surface area contributed by atoms with Crippen LogP contribution in [0, 0.1) is 19.7 Å². The third-order valence-corrected chi connectivity index (χ3v) is 15.6. The number of carboxylic acid groups (broad SMARTS) is 1. The summed E-state index contributed by atoms with van der Waals surface area (Å²) in [7, 11) is -2.07. The maximum absolute atomic E-state index is 14.2. The van der Waals surface area contributed by atoms with Gasteiger partial charge in [-0.2, -0.15) is 0 Å². The van der Waals surface area contributed by atoms with E-state index in [0.717, 1.165) is 72.8 Å². The van der Waals surface area contributed by atoms with Gasteiger partial charge >= 0.3 is 5.97 Å². The van der Waals surface area contributed by atoms with Crippen molar-refractivity contribution in [2.75, 3.05) is 71.4 Å². The number of likely N-dealkylation sites (tertiary alicyclic amines) is 1. The molecule has 15 heteroatoms. The Morgan fingerprint density at radius 1 is 0.833 bits per heavy atom. The second kappa shape index (κ2) is 20.6. The summed E-state index contributed by atoms with van der Waals surface area (Å²) < 4.78 is 46.1. The number of anilines is 4. The smallest absolute Gasteiger partial charge is 0.338 e. The molecule has 0 aliphatic carbocycles. The fourth-order valence-corrected chi connectivity index (χ4v) is 11.3. The van der Waals surface area contributed by atoms with Crippen LogP contribution in [0.2, 0.25) is 5.02 Å². The van der Waals surface area contributed by atoms with Crippen LogP contribution in [0.3, 0.4) is 0 Å². The highest BCUT2D eigenvalue weighted by Crippen LogP contribution is 2.41. The second-order valence-corrected chi connectivity index (χ2v) is 20.3. The van der Waals surface area contributed by atoms with Gasteiger partial charge in [-0.25, -0.2) is 17.6 Å². The first-order chi connectivity index (χ1) is 31.7. The summed E-state index contributed by atoms with van der Waals surface area (Å²) in [6.45, 7) is 9.25. The number of piperazine rings is 1. The Labute approximate surface area is 396 Å². The summed E-state index contributed by atoms with van der Waals surface area (Å²) >= 11 is 7.98. The summed E-state index contributed by atoms with van der Waals surface area (Å²) in [5, 5.41) is 24.0. The van der Waals surface area contributed by atoms with E-state index in [1.165, 1.54) is 17.0 Å².